The van der Waals surface area contributed by atoms with Gasteiger partial charge in [-0.25, -0.2) is 0 Å². The molecule has 6 nitrogen and oxygen atoms in total. The molecule has 0 aliphatic rings. The summed E-state index contributed by atoms with van der Waals surface area (Å²) in [6.07, 6.45) is 0.0547. The van der Waals surface area contributed by atoms with Crippen LogP contribution in [0.25, 0.3) is 0 Å². The van der Waals surface area contributed by atoms with Crippen LogP contribution in [0.1, 0.15) is 36.7 Å². The van der Waals surface area contributed by atoms with E-state index in [1.165, 1.54) is 14.0 Å². The smallest absolute Gasteiger partial charge is 0.224 e. The summed E-state index contributed by atoms with van der Waals surface area (Å²) in [5.41, 5.74) is 5.57. The molecule has 0 aliphatic carbocycles. The number of methoxy groups -OCH3 is 1. The van der Waals surface area contributed by atoms with Gasteiger partial charge in [0.2, 0.25) is 11.8 Å². The topological polar surface area (TPSA) is 98.5 Å². The lowest BCUT2D eigenvalue weighted by Crippen LogP contribution is -2.42. The third kappa shape index (κ3) is 4.58. The average Bonchev–Trinajstić information content (AvgIpc) is 2.45. The number of nitrogens with two attached hydrogens (primary N) is 1. The number of benzene rings is 1. The molecule has 0 fully saturated rings. The second-order valence-corrected chi connectivity index (χ2v) is 5.78. The molecule has 0 unspecified atom stereocenters. The number of Topliss-reactive ketones (excluding diaryl/α,β-unsaturated/α-hetero) is 1. The molecule has 0 spiro atoms. The molecule has 2 amide bonds. The molecule has 0 heterocycles. The number of nitrogens with one attached hydrogen (secondary N) is 1. The SMILES string of the molecule is COc1ccc(C(C)=O)cc1CC(=O)NCC(C)(C)C(N)=O. The number of primary amides is 1. The van der Waals surface area contributed by atoms with Crippen LogP contribution in [0.5, 0.6) is 5.75 Å². The Kier molecular flexibility index (Phi) is 5.68. The lowest BCUT2D eigenvalue weighted by molar-refractivity contribution is -0.126. The zero-order valence-corrected chi connectivity index (χ0v) is 13.4. The lowest BCUT2D eigenvalue weighted by atomic mass is 9.92. The predicted octanol–water partition coefficient (Wildman–Crippen LogP) is 1.07. The quantitative estimate of drug-likeness (QED) is 0.736. The third-order valence-corrected chi connectivity index (χ3v) is 3.43. The maximum Gasteiger partial charge on any atom is 0.224 e. The van der Waals surface area contributed by atoms with E-state index in [2.05, 4.69) is 5.32 Å². The van der Waals surface area contributed by atoms with Crippen LogP contribution in [-0.2, 0) is 16.0 Å². The summed E-state index contributed by atoms with van der Waals surface area (Å²) >= 11 is 0. The van der Waals surface area contributed by atoms with Crippen LogP contribution in [0.3, 0.4) is 0 Å². The van der Waals surface area contributed by atoms with Crippen molar-refractivity contribution in [1.29, 1.82) is 0 Å². The fraction of sp³-hybridized carbons (Fsp3) is 0.438. The Hall–Kier alpha value is -2.37. The Morgan fingerprint density at radius 2 is 1.91 bits per heavy atom. The van der Waals surface area contributed by atoms with Crippen molar-refractivity contribution < 1.29 is 19.1 Å². The highest BCUT2D eigenvalue weighted by atomic mass is 16.5. The van der Waals surface area contributed by atoms with Crippen LogP contribution in [0.2, 0.25) is 0 Å². The molecule has 0 atom stereocenters. The minimum absolute atomic E-state index is 0.0547. The van der Waals surface area contributed by atoms with Gasteiger partial charge in [-0.3, -0.25) is 14.4 Å². The van der Waals surface area contributed by atoms with Crippen molar-refractivity contribution >= 4 is 17.6 Å². The van der Waals surface area contributed by atoms with Gasteiger partial charge >= 0.3 is 0 Å². The number of ketones is 1. The molecule has 0 aliphatic heterocycles. The van der Waals surface area contributed by atoms with Crippen LogP contribution in [0.4, 0.5) is 0 Å². The van der Waals surface area contributed by atoms with E-state index in [0.717, 1.165) is 0 Å². The van der Waals surface area contributed by atoms with Crippen LogP contribution < -0.4 is 15.8 Å². The molecule has 1 aromatic rings. The predicted molar refractivity (Wildman–Crippen MR) is 82.7 cm³/mol. The first-order valence-electron chi connectivity index (χ1n) is 6.92. The maximum absolute atomic E-state index is 12.0. The highest BCUT2D eigenvalue weighted by Crippen LogP contribution is 2.21. The summed E-state index contributed by atoms with van der Waals surface area (Å²) in [5.74, 6) is -0.300. The highest BCUT2D eigenvalue weighted by molar-refractivity contribution is 5.94. The number of carbonyl (C=O) groups is 3. The Bertz CT molecular complexity index is 594. The van der Waals surface area contributed by atoms with Gasteiger partial charge in [-0.2, -0.15) is 0 Å². The van der Waals surface area contributed by atoms with Crippen molar-refractivity contribution in [3.05, 3.63) is 29.3 Å². The van der Waals surface area contributed by atoms with Crippen molar-refractivity contribution in [2.75, 3.05) is 13.7 Å². The monoisotopic (exact) mass is 306 g/mol. The molecule has 1 rings (SSSR count). The zero-order chi connectivity index (χ0) is 16.9. The van der Waals surface area contributed by atoms with E-state index in [9.17, 15) is 14.4 Å². The third-order valence-electron chi connectivity index (χ3n) is 3.43. The van der Waals surface area contributed by atoms with Gasteiger partial charge in [0.1, 0.15) is 5.75 Å². The summed E-state index contributed by atoms with van der Waals surface area (Å²) in [6.45, 7) is 4.93. The number of amides is 2. The normalized spacial score (nSPS) is 10.9. The van der Waals surface area contributed by atoms with Gasteiger partial charge in [-0.1, -0.05) is 0 Å². The van der Waals surface area contributed by atoms with E-state index >= 15 is 0 Å². The first kappa shape index (κ1) is 17.7. The molecule has 6 heteroatoms. The molecule has 0 bridgehead atoms. The van der Waals surface area contributed by atoms with Crippen molar-refractivity contribution in [3.8, 4) is 5.75 Å². The van der Waals surface area contributed by atoms with Crippen LogP contribution in [0, 0.1) is 5.41 Å². The summed E-state index contributed by atoms with van der Waals surface area (Å²) in [6, 6.07) is 4.95. The van der Waals surface area contributed by atoms with E-state index in [1.807, 2.05) is 0 Å². The van der Waals surface area contributed by atoms with E-state index in [1.54, 1.807) is 32.0 Å². The Morgan fingerprint density at radius 3 is 2.41 bits per heavy atom. The zero-order valence-electron chi connectivity index (χ0n) is 13.4. The largest absolute Gasteiger partial charge is 0.496 e. The molecule has 3 N–H and O–H groups in total. The maximum atomic E-state index is 12.0. The Labute approximate surface area is 130 Å². The van der Waals surface area contributed by atoms with Gasteiger partial charge < -0.3 is 15.8 Å². The minimum atomic E-state index is -0.818. The summed E-state index contributed by atoms with van der Waals surface area (Å²) in [7, 11) is 1.50. The standard InChI is InChI=1S/C16H22N2O4/c1-10(19)11-5-6-13(22-4)12(7-11)8-14(20)18-9-16(2,3)15(17)21/h5-7H,8-9H2,1-4H3,(H2,17,21)(H,18,20). The number of carbonyl (C=O) groups excluding carboxylic acids is 3. The molecule has 0 radical (unpaired) electrons. The van der Waals surface area contributed by atoms with E-state index in [0.29, 0.717) is 16.9 Å². The van der Waals surface area contributed by atoms with Crippen LogP contribution in [0.15, 0.2) is 18.2 Å². The Morgan fingerprint density at radius 1 is 1.27 bits per heavy atom. The summed E-state index contributed by atoms with van der Waals surface area (Å²) in [4.78, 5) is 34.7. The molecular formula is C16H22N2O4. The second kappa shape index (κ2) is 7.06. The van der Waals surface area contributed by atoms with Crippen LogP contribution in [-0.4, -0.2) is 31.3 Å². The fourth-order valence-electron chi connectivity index (χ4n) is 1.78. The van der Waals surface area contributed by atoms with E-state index < -0.39 is 11.3 Å². The van der Waals surface area contributed by atoms with Crippen molar-refractivity contribution in [2.24, 2.45) is 11.1 Å². The van der Waals surface area contributed by atoms with Gasteiger partial charge in [-0.15, -0.1) is 0 Å². The number of ether oxygens (including phenoxy) is 1. The molecule has 120 valence electrons. The first-order chi connectivity index (χ1) is 10.2. The van der Waals surface area contributed by atoms with E-state index in [4.69, 9.17) is 10.5 Å². The number of hydrogen-bond acceptors (Lipinski definition) is 4. The molecule has 0 saturated carbocycles. The number of rotatable bonds is 7. The fourth-order valence-corrected chi connectivity index (χ4v) is 1.78. The summed E-state index contributed by atoms with van der Waals surface area (Å²) in [5, 5.41) is 2.67. The average molecular weight is 306 g/mol. The van der Waals surface area contributed by atoms with Gasteiger partial charge in [-0.05, 0) is 39.0 Å². The van der Waals surface area contributed by atoms with Gasteiger partial charge in [0.25, 0.3) is 0 Å². The van der Waals surface area contributed by atoms with Crippen molar-refractivity contribution in [3.63, 3.8) is 0 Å². The minimum Gasteiger partial charge on any atom is -0.496 e. The molecule has 0 aromatic heterocycles. The van der Waals surface area contributed by atoms with Crippen LogP contribution >= 0.6 is 0 Å². The Balaban J connectivity index is 2.81. The second-order valence-electron chi connectivity index (χ2n) is 5.78. The molecule has 22 heavy (non-hydrogen) atoms. The van der Waals surface area contributed by atoms with Crippen molar-refractivity contribution in [1.82, 2.24) is 5.32 Å². The molecular weight excluding hydrogens is 284 g/mol. The van der Waals surface area contributed by atoms with Gasteiger partial charge in [0.15, 0.2) is 5.78 Å². The first-order valence-corrected chi connectivity index (χ1v) is 6.92. The van der Waals surface area contributed by atoms with Crippen molar-refractivity contribution in [2.45, 2.75) is 27.2 Å². The molecule has 0 saturated heterocycles. The number of hydrogen-bond donors (Lipinski definition) is 2. The molecule has 1 aromatic carbocycles. The summed E-state index contributed by atoms with van der Waals surface area (Å²) < 4.78 is 5.20. The lowest BCUT2D eigenvalue weighted by Gasteiger charge is -2.20. The van der Waals surface area contributed by atoms with E-state index in [-0.39, 0.29) is 24.7 Å². The van der Waals surface area contributed by atoms with Gasteiger partial charge in [0.05, 0.1) is 18.9 Å². The van der Waals surface area contributed by atoms with Gasteiger partial charge in [0, 0.05) is 17.7 Å². The highest BCUT2D eigenvalue weighted by Gasteiger charge is 2.25.